The molecule has 0 aliphatic carbocycles. The van der Waals surface area contributed by atoms with Gasteiger partial charge in [0.05, 0.1) is 11.7 Å². The van der Waals surface area contributed by atoms with E-state index in [1.807, 2.05) is 0 Å². The first-order valence-corrected chi connectivity index (χ1v) is 5.80. The molecule has 0 aliphatic heterocycles. The minimum atomic E-state index is -4.65. The van der Waals surface area contributed by atoms with Crippen molar-refractivity contribution in [2.45, 2.75) is 18.7 Å². The van der Waals surface area contributed by atoms with Crippen molar-refractivity contribution in [1.29, 1.82) is 0 Å². The Labute approximate surface area is 112 Å². The monoisotopic (exact) mass is 288 g/mol. The smallest absolute Gasteiger partial charge is 0.388 e. The van der Waals surface area contributed by atoms with Gasteiger partial charge in [-0.2, -0.15) is 13.2 Å². The Hall–Kier alpha value is -1.89. The van der Waals surface area contributed by atoms with E-state index >= 15 is 0 Å². The van der Waals surface area contributed by atoms with Crippen LogP contribution < -0.4 is 0 Å². The van der Waals surface area contributed by atoms with Gasteiger partial charge in [0.15, 0.2) is 0 Å². The van der Waals surface area contributed by atoms with Gasteiger partial charge < -0.3 is 9.67 Å². The molecule has 108 valence electrons. The normalized spacial score (nSPS) is 13.5. The van der Waals surface area contributed by atoms with E-state index in [2.05, 4.69) is 4.98 Å². The van der Waals surface area contributed by atoms with E-state index in [0.717, 1.165) is 6.07 Å². The highest BCUT2D eigenvalue weighted by Crippen LogP contribution is 2.35. The number of aliphatic hydroxyl groups excluding tert-OH is 1. The van der Waals surface area contributed by atoms with Crippen molar-refractivity contribution in [2.24, 2.45) is 7.05 Å². The fourth-order valence-corrected chi connectivity index (χ4v) is 1.94. The number of nitrogens with zero attached hydrogens (tertiary/aromatic N) is 2. The summed E-state index contributed by atoms with van der Waals surface area (Å²) in [5.41, 5.74) is -1.53. The minimum absolute atomic E-state index is 0.129. The Morgan fingerprint density at radius 3 is 2.60 bits per heavy atom. The maximum Gasteiger partial charge on any atom is 0.416 e. The fourth-order valence-electron chi connectivity index (χ4n) is 1.94. The maximum atomic E-state index is 13.2. The lowest BCUT2D eigenvalue weighted by atomic mass is 9.99. The molecule has 0 saturated heterocycles. The van der Waals surface area contributed by atoms with Crippen molar-refractivity contribution in [1.82, 2.24) is 9.55 Å². The number of halogens is 4. The highest BCUT2D eigenvalue weighted by atomic mass is 19.4. The minimum Gasteiger partial charge on any atom is -0.388 e. The lowest BCUT2D eigenvalue weighted by molar-refractivity contribution is -0.139. The third-order valence-electron chi connectivity index (χ3n) is 2.97. The average Bonchev–Trinajstić information content (AvgIpc) is 2.73. The number of hydrogen-bond acceptors (Lipinski definition) is 2. The zero-order valence-corrected chi connectivity index (χ0v) is 10.5. The number of aliphatic hydroxyl groups is 1. The molecule has 20 heavy (non-hydrogen) atoms. The molecule has 0 radical (unpaired) electrons. The third kappa shape index (κ3) is 2.98. The molecule has 1 heterocycles. The second-order valence-corrected chi connectivity index (χ2v) is 4.40. The average molecular weight is 288 g/mol. The van der Waals surface area contributed by atoms with Crippen LogP contribution in [0.3, 0.4) is 0 Å². The van der Waals surface area contributed by atoms with Crippen LogP contribution in [0.2, 0.25) is 0 Å². The van der Waals surface area contributed by atoms with Gasteiger partial charge in [-0.05, 0) is 23.8 Å². The summed E-state index contributed by atoms with van der Waals surface area (Å²) in [5, 5.41) is 9.97. The molecule has 0 saturated carbocycles. The highest BCUT2D eigenvalue weighted by Gasteiger charge is 2.35. The molecule has 1 aromatic heterocycles. The first-order valence-electron chi connectivity index (χ1n) is 5.80. The van der Waals surface area contributed by atoms with Crippen LogP contribution in [0.25, 0.3) is 0 Å². The van der Waals surface area contributed by atoms with E-state index in [9.17, 15) is 22.7 Å². The van der Waals surface area contributed by atoms with E-state index in [1.54, 1.807) is 17.8 Å². The molecule has 3 nitrogen and oxygen atoms in total. The van der Waals surface area contributed by atoms with E-state index in [-0.39, 0.29) is 6.42 Å². The van der Waals surface area contributed by atoms with Crippen molar-refractivity contribution in [3.05, 3.63) is 53.4 Å². The number of aryl methyl sites for hydroxylation is 1. The first-order chi connectivity index (χ1) is 9.29. The third-order valence-corrected chi connectivity index (χ3v) is 2.97. The van der Waals surface area contributed by atoms with Crippen LogP contribution in [0.1, 0.15) is 23.1 Å². The maximum absolute atomic E-state index is 13.2. The van der Waals surface area contributed by atoms with Crippen LogP contribution in [0.4, 0.5) is 17.6 Å². The van der Waals surface area contributed by atoms with Crippen LogP contribution in [0.15, 0.2) is 30.6 Å². The van der Waals surface area contributed by atoms with Crippen LogP contribution >= 0.6 is 0 Å². The number of rotatable bonds is 3. The highest BCUT2D eigenvalue weighted by molar-refractivity contribution is 5.32. The van der Waals surface area contributed by atoms with E-state index < -0.39 is 29.2 Å². The largest absolute Gasteiger partial charge is 0.416 e. The van der Waals surface area contributed by atoms with Gasteiger partial charge in [0.25, 0.3) is 0 Å². The van der Waals surface area contributed by atoms with Gasteiger partial charge in [-0.25, -0.2) is 9.37 Å². The Bertz CT molecular complexity index is 607. The zero-order chi connectivity index (χ0) is 14.9. The number of alkyl halides is 3. The Morgan fingerprint density at radius 2 is 2.05 bits per heavy atom. The summed E-state index contributed by atoms with van der Waals surface area (Å²) in [6.07, 6.45) is -3.18. The second-order valence-electron chi connectivity index (χ2n) is 4.40. The number of benzene rings is 1. The summed E-state index contributed by atoms with van der Waals surface area (Å²) in [5.74, 6) is -0.415. The van der Waals surface area contributed by atoms with Gasteiger partial charge in [-0.15, -0.1) is 0 Å². The molecule has 0 bridgehead atoms. The Morgan fingerprint density at radius 1 is 1.35 bits per heavy atom. The van der Waals surface area contributed by atoms with Gasteiger partial charge in [0.1, 0.15) is 11.6 Å². The first kappa shape index (κ1) is 14.5. The van der Waals surface area contributed by atoms with E-state index in [1.165, 1.54) is 6.20 Å². The summed E-state index contributed by atoms with van der Waals surface area (Å²) in [6.45, 7) is 0. The molecule has 0 fully saturated rings. The van der Waals surface area contributed by atoms with Gasteiger partial charge >= 0.3 is 6.18 Å². The molecule has 7 heteroatoms. The summed E-state index contributed by atoms with van der Waals surface area (Å²) < 4.78 is 53.3. The lowest BCUT2D eigenvalue weighted by Crippen LogP contribution is -2.15. The van der Waals surface area contributed by atoms with E-state index in [0.29, 0.717) is 18.0 Å². The molecule has 1 unspecified atom stereocenters. The standard InChI is InChI=1S/C13H12F4N2O/c1-19-5-4-18-12(19)7-11(20)9-6-8(14)2-3-10(9)13(15,16)17/h2-6,11,20H,7H2,1H3. The van der Waals surface area contributed by atoms with Crippen LogP contribution in [0, 0.1) is 5.82 Å². The van der Waals surface area contributed by atoms with Crippen molar-refractivity contribution >= 4 is 0 Å². The van der Waals surface area contributed by atoms with Crippen molar-refractivity contribution in [3.8, 4) is 0 Å². The van der Waals surface area contributed by atoms with Crippen LogP contribution in [0.5, 0.6) is 0 Å². The predicted octanol–water partition coefficient (Wildman–Crippen LogP) is 2.85. The molecule has 0 amide bonds. The molecular weight excluding hydrogens is 276 g/mol. The molecule has 0 spiro atoms. The van der Waals surface area contributed by atoms with Crippen molar-refractivity contribution in [3.63, 3.8) is 0 Å². The summed E-state index contributed by atoms with van der Waals surface area (Å²) in [7, 11) is 1.66. The van der Waals surface area contributed by atoms with Gasteiger partial charge in [0, 0.05) is 25.9 Å². The summed E-state index contributed by atoms with van der Waals surface area (Å²) in [6, 6.07) is 2.06. The van der Waals surface area contributed by atoms with Crippen LogP contribution in [-0.2, 0) is 19.6 Å². The summed E-state index contributed by atoms with van der Waals surface area (Å²) in [4.78, 5) is 3.92. The molecule has 1 aromatic carbocycles. The molecule has 1 atom stereocenters. The lowest BCUT2D eigenvalue weighted by Gasteiger charge is -2.17. The van der Waals surface area contributed by atoms with Gasteiger partial charge in [-0.1, -0.05) is 0 Å². The van der Waals surface area contributed by atoms with Gasteiger partial charge in [-0.3, -0.25) is 0 Å². The Kier molecular flexibility index (Phi) is 3.80. The molecule has 2 aromatic rings. The number of imidazole rings is 1. The molecule has 2 rings (SSSR count). The summed E-state index contributed by atoms with van der Waals surface area (Å²) >= 11 is 0. The fraction of sp³-hybridized carbons (Fsp3) is 0.308. The van der Waals surface area contributed by atoms with Crippen molar-refractivity contribution < 1.29 is 22.7 Å². The molecule has 0 aliphatic rings. The topological polar surface area (TPSA) is 38.0 Å². The number of hydrogen-bond donors (Lipinski definition) is 1. The molecular formula is C13H12F4N2O. The van der Waals surface area contributed by atoms with Gasteiger partial charge in [0.2, 0.25) is 0 Å². The van der Waals surface area contributed by atoms with Crippen molar-refractivity contribution in [2.75, 3.05) is 0 Å². The predicted molar refractivity (Wildman–Crippen MR) is 63.3 cm³/mol. The molecule has 1 N–H and O–H groups in total. The second kappa shape index (κ2) is 5.24. The van der Waals surface area contributed by atoms with Crippen LogP contribution in [-0.4, -0.2) is 14.7 Å². The quantitative estimate of drug-likeness (QED) is 0.882. The SMILES string of the molecule is Cn1ccnc1CC(O)c1cc(F)ccc1C(F)(F)F. The Balaban J connectivity index is 2.36. The van der Waals surface area contributed by atoms with E-state index in [4.69, 9.17) is 0 Å². The zero-order valence-electron chi connectivity index (χ0n) is 10.5. The number of aromatic nitrogens is 2.